The molecule has 3 aromatic rings. The largest absolute Gasteiger partial charge is 0.484 e. The first-order chi connectivity index (χ1) is 17.1. The molecule has 1 unspecified atom stereocenters. The Balaban J connectivity index is 1.05. The van der Waals surface area contributed by atoms with Gasteiger partial charge in [-0.3, -0.25) is 9.59 Å². The van der Waals surface area contributed by atoms with Gasteiger partial charge in [-0.25, -0.2) is 0 Å². The molecule has 8 heteroatoms. The summed E-state index contributed by atoms with van der Waals surface area (Å²) in [6.45, 7) is 3.62. The van der Waals surface area contributed by atoms with Crippen LogP contribution in [0.1, 0.15) is 66.8 Å². The highest BCUT2D eigenvalue weighted by molar-refractivity contribution is 6.02. The van der Waals surface area contributed by atoms with Crippen LogP contribution in [0, 0.1) is 6.92 Å². The van der Waals surface area contributed by atoms with E-state index < -0.39 is 0 Å². The highest BCUT2D eigenvalue weighted by Gasteiger charge is 2.31. The SMILES string of the molecule is Cc1ccc(OCc2nc(C3CCN(C(=O)CCCC4C(=O)Nc5ccccc54)CC3)no2)cc1. The Morgan fingerprint density at radius 2 is 1.91 bits per heavy atom. The number of piperidine rings is 1. The van der Waals surface area contributed by atoms with Crippen molar-refractivity contribution in [2.24, 2.45) is 0 Å². The van der Waals surface area contributed by atoms with Crippen LogP contribution in [0.15, 0.2) is 53.1 Å². The monoisotopic (exact) mass is 474 g/mol. The fourth-order valence-electron chi connectivity index (χ4n) is 4.84. The molecule has 1 N–H and O–H groups in total. The summed E-state index contributed by atoms with van der Waals surface area (Å²) in [5.74, 6) is 2.10. The van der Waals surface area contributed by atoms with Crippen molar-refractivity contribution >= 4 is 17.5 Å². The number of amides is 2. The summed E-state index contributed by atoms with van der Waals surface area (Å²) < 4.78 is 11.1. The summed E-state index contributed by atoms with van der Waals surface area (Å²) in [5, 5.41) is 7.08. The molecule has 0 spiro atoms. The van der Waals surface area contributed by atoms with E-state index in [1.165, 1.54) is 5.56 Å². The van der Waals surface area contributed by atoms with Gasteiger partial charge in [0, 0.05) is 31.1 Å². The Hall–Kier alpha value is -3.68. The van der Waals surface area contributed by atoms with Crippen LogP contribution in [0.4, 0.5) is 5.69 Å². The third-order valence-electron chi connectivity index (χ3n) is 6.87. The van der Waals surface area contributed by atoms with Gasteiger partial charge in [-0.2, -0.15) is 4.98 Å². The summed E-state index contributed by atoms with van der Waals surface area (Å²) in [7, 11) is 0. The first-order valence-corrected chi connectivity index (χ1v) is 12.3. The maximum absolute atomic E-state index is 12.7. The molecule has 8 nitrogen and oxygen atoms in total. The second-order valence-corrected chi connectivity index (χ2v) is 9.32. The number of benzene rings is 2. The lowest BCUT2D eigenvalue weighted by Gasteiger charge is -2.30. The lowest BCUT2D eigenvalue weighted by atomic mass is 9.94. The molecule has 0 saturated carbocycles. The average molecular weight is 475 g/mol. The van der Waals surface area contributed by atoms with Gasteiger partial charge in [0.25, 0.3) is 5.89 Å². The third-order valence-corrected chi connectivity index (χ3v) is 6.87. The first-order valence-electron chi connectivity index (χ1n) is 12.3. The number of nitrogens with one attached hydrogen (secondary N) is 1. The van der Waals surface area contributed by atoms with Gasteiger partial charge in [-0.1, -0.05) is 41.1 Å². The van der Waals surface area contributed by atoms with Crippen LogP contribution in [-0.4, -0.2) is 39.9 Å². The van der Waals surface area contributed by atoms with Crippen LogP contribution < -0.4 is 10.1 Å². The minimum Gasteiger partial charge on any atom is -0.484 e. The number of aromatic nitrogens is 2. The van der Waals surface area contributed by atoms with Gasteiger partial charge in [0.15, 0.2) is 12.4 Å². The van der Waals surface area contributed by atoms with Gasteiger partial charge in [-0.15, -0.1) is 0 Å². The van der Waals surface area contributed by atoms with E-state index in [9.17, 15) is 9.59 Å². The number of fused-ring (bicyclic) bond motifs is 1. The Morgan fingerprint density at radius 1 is 1.14 bits per heavy atom. The Kier molecular flexibility index (Phi) is 6.79. The number of carbonyl (C=O) groups is 2. The van der Waals surface area contributed by atoms with Crippen molar-refractivity contribution in [1.82, 2.24) is 15.0 Å². The lowest BCUT2D eigenvalue weighted by Crippen LogP contribution is -2.38. The molecule has 2 aliphatic heterocycles. The molecule has 3 heterocycles. The number of rotatable bonds is 8. The zero-order chi connectivity index (χ0) is 24.2. The zero-order valence-corrected chi connectivity index (χ0v) is 19.9. The summed E-state index contributed by atoms with van der Waals surface area (Å²) in [6, 6.07) is 15.6. The van der Waals surface area contributed by atoms with Gasteiger partial charge >= 0.3 is 0 Å². The Morgan fingerprint density at radius 3 is 2.71 bits per heavy atom. The summed E-state index contributed by atoms with van der Waals surface area (Å²) in [6.07, 6.45) is 3.45. The van der Waals surface area contributed by atoms with Crippen molar-refractivity contribution in [2.75, 3.05) is 18.4 Å². The minimum absolute atomic E-state index is 0.0308. The molecule has 2 amide bonds. The lowest BCUT2D eigenvalue weighted by molar-refractivity contribution is -0.132. The van der Waals surface area contributed by atoms with Crippen LogP contribution in [0.25, 0.3) is 0 Å². The number of nitrogens with zero attached hydrogens (tertiary/aromatic N) is 3. The summed E-state index contributed by atoms with van der Waals surface area (Å²) >= 11 is 0. The van der Waals surface area contributed by atoms with Crippen molar-refractivity contribution < 1.29 is 18.8 Å². The van der Waals surface area contributed by atoms with E-state index in [4.69, 9.17) is 9.26 Å². The van der Waals surface area contributed by atoms with E-state index in [-0.39, 0.29) is 30.3 Å². The van der Waals surface area contributed by atoms with Crippen LogP contribution in [0.2, 0.25) is 0 Å². The fourth-order valence-corrected chi connectivity index (χ4v) is 4.84. The average Bonchev–Trinajstić information content (AvgIpc) is 3.48. The molecule has 1 saturated heterocycles. The van der Waals surface area contributed by atoms with Crippen LogP contribution >= 0.6 is 0 Å². The molecule has 0 bridgehead atoms. The van der Waals surface area contributed by atoms with E-state index in [1.807, 2.05) is 60.4 Å². The minimum atomic E-state index is -0.160. The van der Waals surface area contributed by atoms with E-state index >= 15 is 0 Å². The third kappa shape index (κ3) is 5.37. The van der Waals surface area contributed by atoms with E-state index in [2.05, 4.69) is 15.5 Å². The maximum Gasteiger partial charge on any atom is 0.264 e. The number of carbonyl (C=O) groups excluding carboxylic acids is 2. The van der Waals surface area contributed by atoms with Crippen LogP contribution in [0.3, 0.4) is 0 Å². The molecule has 2 aliphatic rings. The maximum atomic E-state index is 12.7. The van der Waals surface area contributed by atoms with E-state index in [0.29, 0.717) is 44.1 Å². The number of aryl methyl sites for hydroxylation is 1. The van der Waals surface area contributed by atoms with Crippen molar-refractivity contribution in [3.63, 3.8) is 0 Å². The number of hydrogen-bond donors (Lipinski definition) is 1. The van der Waals surface area contributed by atoms with Crippen LogP contribution in [0.5, 0.6) is 5.75 Å². The second kappa shape index (κ2) is 10.3. The molecule has 182 valence electrons. The number of likely N-dealkylation sites (tertiary alicyclic amines) is 1. The smallest absolute Gasteiger partial charge is 0.264 e. The first kappa shape index (κ1) is 23.1. The second-order valence-electron chi connectivity index (χ2n) is 9.32. The molecule has 0 aliphatic carbocycles. The number of anilines is 1. The predicted octanol–water partition coefficient (Wildman–Crippen LogP) is 4.57. The number of hydrogen-bond acceptors (Lipinski definition) is 6. The van der Waals surface area contributed by atoms with E-state index in [1.54, 1.807) is 0 Å². The van der Waals surface area contributed by atoms with E-state index in [0.717, 1.165) is 29.8 Å². The summed E-state index contributed by atoms with van der Waals surface area (Å²) in [5.41, 5.74) is 3.10. The number of ether oxygens (including phenoxy) is 1. The Labute approximate surface area is 204 Å². The van der Waals surface area contributed by atoms with Crippen LogP contribution in [-0.2, 0) is 16.2 Å². The topological polar surface area (TPSA) is 97.6 Å². The van der Waals surface area contributed by atoms with Gasteiger partial charge in [0.1, 0.15) is 5.75 Å². The highest BCUT2D eigenvalue weighted by atomic mass is 16.5. The molecule has 1 atom stereocenters. The molecule has 1 aromatic heterocycles. The fraction of sp³-hybridized carbons (Fsp3) is 0.407. The molecule has 35 heavy (non-hydrogen) atoms. The van der Waals surface area contributed by atoms with Crippen molar-refractivity contribution in [3.8, 4) is 5.75 Å². The van der Waals surface area contributed by atoms with Gasteiger partial charge in [0.05, 0.1) is 5.92 Å². The molecular formula is C27H30N4O4. The summed E-state index contributed by atoms with van der Waals surface area (Å²) in [4.78, 5) is 31.4. The van der Waals surface area contributed by atoms with Gasteiger partial charge < -0.3 is 19.5 Å². The molecule has 2 aromatic carbocycles. The van der Waals surface area contributed by atoms with Crippen molar-refractivity contribution in [3.05, 3.63) is 71.4 Å². The van der Waals surface area contributed by atoms with Gasteiger partial charge in [-0.05, 0) is 56.4 Å². The Bertz CT molecular complexity index is 1180. The molecule has 0 radical (unpaired) electrons. The highest BCUT2D eigenvalue weighted by Crippen LogP contribution is 2.35. The van der Waals surface area contributed by atoms with Gasteiger partial charge in [0.2, 0.25) is 11.8 Å². The molecule has 1 fully saturated rings. The number of para-hydroxylation sites is 1. The molecular weight excluding hydrogens is 444 g/mol. The standard InChI is InChI=1S/C27H30N4O4/c1-18-9-11-20(12-10-18)34-17-24-29-26(30-35-24)19-13-15-31(16-14-19)25(32)8-4-6-22-21-5-2-3-7-23(21)28-27(22)33/h2-3,5,7,9-12,19,22H,4,6,8,13-17H2,1H3,(H,28,33). The zero-order valence-electron chi connectivity index (χ0n) is 19.9. The normalized spacial score (nSPS) is 17.8. The quantitative estimate of drug-likeness (QED) is 0.514. The molecule has 5 rings (SSSR count). The van der Waals surface area contributed by atoms with Crippen molar-refractivity contribution in [1.29, 1.82) is 0 Å². The van der Waals surface area contributed by atoms with Crippen molar-refractivity contribution in [2.45, 2.75) is 57.5 Å². The predicted molar refractivity (Wildman–Crippen MR) is 130 cm³/mol.